The number of fused-ring (bicyclic) bond motifs is 1. The van der Waals surface area contributed by atoms with Crippen molar-refractivity contribution in [2.24, 2.45) is 5.73 Å². The Morgan fingerprint density at radius 1 is 1.34 bits per heavy atom. The molecule has 0 saturated heterocycles. The topological polar surface area (TPSA) is 93.8 Å². The van der Waals surface area contributed by atoms with Crippen molar-refractivity contribution in [1.29, 1.82) is 0 Å². The lowest BCUT2D eigenvalue weighted by atomic mass is 10.0. The number of rotatable bonds is 5. The number of allylic oxidation sites excluding steroid dienone is 1. The zero-order chi connectivity index (χ0) is 20.5. The number of primary amides is 1. The molecule has 1 amide bonds. The first kappa shape index (κ1) is 19.0. The van der Waals surface area contributed by atoms with Crippen molar-refractivity contribution in [1.82, 2.24) is 15.0 Å². The number of halogens is 2. The van der Waals surface area contributed by atoms with Gasteiger partial charge in [-0.05, 0) is 37.1 Å². The van der Waals surface area contributed by atoms with Gasteiger partial charge in [0.1, 0.15) is 11.6 Å². The molecule has 2 heterocycles. The van der Waals surface area contributed by atoms with Crippen molar-refractivity contribution in [2.45, 2.75) is 18.8 Å². The first-order valence-electron chi connectivity index (χ1n) is 8.97. The number of aryl methyl sites for hydroxylation is 1. The van der Waals surface area contributed by atoms with Crippen LogP contribution in [0.5, 0.6) is 0 Å². The van der Waals surface area contributed by atoms with Gasteiger partial charge in [-0.2, -0.15) is 0 Å². The third-order valence-corrected chi connectivity index (χ3v) is 5.12. The molecule has 29 heavy (non-hydrogen) atoms. The monoisotopic (exact) mass is 409 g/mol. The Kier molecular flexibility index (Phi) is 4.98. The van der Waals surface area contributed by atoms with E-state index in [-0.39, 0.29) is 22.9 Å². The Bertz CT molecular complexity index is 1130. The maximum absolute atomic E-state index is 14.4. The summed E-state index contributed by atoms with van der Waals surface area (Å²) in [4.78, 5) is 24.9. The Balaban J connectivity index is 1.88. The van der Waals surface area contributed by atoms with E-state index in [2.05, 4.69) is 26.8 Å². The van der Waals surface area contributed by atoms with Gasteiger partial charge in [0.25, 0.3) is 5.91 Å². The summed E-state index contributed by atoms with van der Waals surface area (Å²) in [6.07, 6.45) is 6.29. The molecule has 3 N–H and O–H groups in total. The van der Waals surface area contributed by atoms with Crippen LogP contribution in [0.4, 0.5) is 15.9 Å². The van der Waals surface area contributed by atoms with E-state index in [4.69, 9.17) is 17.3 Å². The minimum atomic E-state index is -0.618. The lowest BCUT2D eigenvalue weighted by Gasteiger charge is -2.16. The molecule has 0 fully saturated rings. The van der Waals surface area contributed by atoms with Crippen LogP contribution in [0, 0.1) is 5.82 Å². The molecule has 6 nitrogen and oxygen atoms in total. The van der Waals surface area contributed by atoms with Gasteiger partial charge in [-0.1, -0.05) is 17.7 Å². The molecule has 1 aromatic carbocycles. The molecule has 3 aromatic rings. The molecule has 0 spiro atoms. The van der Waals surface area contributed by atoms with Crippen LogP contribution in [0.3, 0.4) is 0 Å². The molecule has 8 heteroatoms. The van der Waals surface area contributed by atoms with Crippen molar-refractivity contribution in [3.63, 3.8) is 0 Å². The molecule has 0 bridgehead atoms. The fourth-order valence-electron chi connectivity index (χ4n) is 3.48. The predicted octanol–water partition coefficient (Wildman–Crippen LogP) is 4.39. The summed E-state index contributed by atoms with van der Waals surface area (Å²) in [5.74, 6) is -0.358. The first-order chi connectivity index (χ1) is 14.0. The largest absolute Gasteiger partial charge is 0.365 e. The maximum Gasteiger partial charge on any atom is 0.252 e. The van der Waals surface area contributed by atoms with Crippen LogP contribution >= 0.6 is 11.6 Å². The van der Waals surface area contributed by atoms with Crippen LogP contribution < -0.4 is 11.1 Å². The second kappa shape index (κ2) is 7.60. The predicted molar refractivity (Wildman–Crippen MR) is 110 cm³/mol. The number of carbonyl (C=O) groups is 1. The Hall–Kier alpha value is -3.32. The number of carbonyl (C=O) groups excluding carboxylic acids is 1. The average molecular weight is 410 g/mol. The molecule has 146 valence electrons. The quantitative estimate of drug-likeness (QED) is 0.609. The third kappa shape index (κ3) is 3.56. The molecule has 0 radical (unpaired) electrons. The number of nitrogens with two attached hydrogens (primary N) is 1. The number of pyridine rings is 1. The van der Waals surface area contributed by atoms with Gasteiger partial charge in [0.2, 0.25) is 0 Å². The Morgan fingerprint density at radius 3 is 2.93 bits per heavy atom. The molecule has 1 unspecified atom stereocenters. The van der Waals surface area contributed by atoms with Crippen molar-refractivity contribution < 1.29 is 9.18 Å². The minimum absolute atomic E-state index is 0.0459. The summed E-state index contributed by atoms with van der Waals surface area (Å²) in [6, 6.07) is 5.87. The summed E-state index contributed by atoms with van der Waals surface area (Å²) >= 11 is 6.05. The fourth-order valence-corrected chi connectivity index (χ4v) is 3.65. The minimum Gasteiger partial charge on any atom is -0.365 e. The molecule has 1 aliphatic carbocycles. The Labute approximate surface area is 171 Å². The fraction of sp³-hybridized carbons (Fsp3) is 0.143. The van der Waals surface area contributed by atoms with E-state index in [1.165, 1.54) is 24.4 Å². The second-order valence-electron chi connectivity index (χ2n) is 6.67. The lowest BCUT2D eigenvalue weighted by molar-refractivity contribution is 0.100. The van der Waals surface area contributed by atoms with Gasteiger partial charge in [-0.25, -0.2) is 14.4 Å². The van der Waals surface area contributed by atoms with Crippen LogP contribution in [0.2, 0.25) is 5.02 Å². The van der Waals surface area contributed by atoms with E-state index in [1.807, 2.05) is 6.08 Å². The van der Waals surface area contributed by atoms with E-state index in [9.17, 15) is 9.18 Å². The SMILES string of the molecule is C=CC1CCc2nc(-c3cc(Cl)ccc3F)nc(Nc3ccncc3C(N)=O)c21. The number of hydrogen-bond donors (Lipinski definition) is 2. The third-order valence-electron chi connectivity index (χ3n) is 4.88. The van der Waals surface area contributed by atoms with Crippen molar-refractivity contribution >= 4 is 29.0 Å². The number of aromatic nitrogens is 3. The summed E-state index contributed by atoms with van der Waals surface area (Å²) < 4.78 is 14.4. The van der Waals surface area contributed by atoms with E-state index in [0.29, 0.717) is 22.9 Å². The zero-order valence-corrected chi connectivity index (χ0v) is 16.1. The van der Waals surface area contributed by atoms with Crippen molar-refractivity contribution in [3.05, 3.63) is 77.0 Å². The standard InChI is InChI=1S/C21H17ClFN5O/c1-2-11-3-6-17-18(11)21(26-16-7-8-25-10-14(16)19(24)29)28-20(27-17)13-9-12(22)4-5-15(13)23/h2,4-5,7-11H,1,3,6H2,(H2,24,29)(H,25,26,27,28). The molecule has 4 rings (SSSR count). The second-order valence-corrected chi connectivity index (χ2v) is 7.11. The molecule has 1 aliphatic rings. The Morgan fingerprint density at radius 2 is 2.17 bits per heavy atom. The molecular formula is C21H17ClFN5O. The van der Waals surface area contributed by atoms with E-state index in [0.717, 1.165) is 17.7 Å². The first-order valence-corrected chi connectivity index (χ1v) is 9.35. The number of amides is 1. The lowest BCUT2D eigenvalue weighted by Crippen LogP contribution is -2.14. The van der Waals surface area contributed by atoms with Crippen LogP contribution in [0.25, 0.3) is 11.4 Å². The van der Waals surface area contributed by atoms with Crippen molar-refractivity contribution in [2.75, 3.05) is 5.32 Å². The number of benzene rings is 1. The van der Waals surface area contributed by atoms with E-state index >= 15 is 0 Å². The van der Waals surface area contributed by atoms with Gasteiger partial charge < -0.3 is 11.1 Å². The summed E-state index contributed by atoms with van der Waals surface area (Å²) in [5, 5.41) is 3.55. The number of anilines is 2. The van der Waals surface area contributed by atoms with Gasteiger partial charge in [0.15, 0.2) is 5.82 Å². The highest BCUT2D eigenvalue weighted by Crippen LogP contribution is 2.40. The van der Waals surface area contributed by atoms with Gasteiger partial charge in [0.05, 0.1) is 22.5 Å². The summed E-state index contributed by atoms with van der Waals surface area (Å²) in [7, 11) is 0. The average Bonchev–Trinajstić information content (AvgIpc) is 3.13. The van der Waals surface area contributed by atoms with Gasteiger partial charge >= 0.3 is 0 Å². The highest BCUT2D eigenvalue weighted by atomic mass is 35.5. The van der Waals surface area contributed by atoms with Gasteiger partial charge in [-0.15, -0.1) is 6.58 Å². The summed E-state index contributed by atoms with van der Waals surface area (Å²) in [5.41, 5.74) is 8.02. The number of nitrogens with zero attached hydrogens (tertiary/aromatic N) is 3. The highest BCUT2D eigenvalue weighted by molar-refractivity contribution is 6.30. The molecule has 0 aliphatic heterocycles. The normalized spacial score (nSPS) is 15.0. The van der Waals surface area contributed by atoms with Crippen LogP contribution in [-0.4, -0.2) is 20.9 Å². The van der Waals surface area contributed by atoms with Crippen LogP contribution in [0.15, 0.2) is 49.3 Å². The van der Waals surface area contributed by atoms with E-state index < -0.39 is 11.7 Å². The number of hydrogen-bond acceptors (Lipinski definition) is 5. The number of nitrogens with one attached hydrogen (secondary N) is 1. The smallest absolute Gasteiger partial charge is 0.252 e. The molecular weight excluding hydrogens is 393 g/mol. The van der Waals surface area contributed by atoms with Crippen molar-refractivity contribution in [3.8, 4) is 11.4 Å². The van der Waals surface area contributed by atoms with Crippen LogP contribution in [-0.2, 0) is 6.42 Å². The van der Waals surface area contributed by atoms with Gasteiger partial charge in [-0.3, -0.25) is 9.78 Å². The zero-order valence-electron chi connectivity index (χ0n) is 15.3. The molecule has 0 saturated carbocycles. The van der Waals surface area contributed by atoms with Gasteiger partial charge in [0, 0.05) is 28.9 Å². The molecule has 2 aromatic heterocycles. The maximum atomic E-state index is 14.4. The van der Waals surface area contributed by atoms with Crippen LogP contribution in [0.1, 0.15) is 34.0 Å². The summed E-state index contributed by atoms with van der Waals surface area (Å²) in [6.45, 7) is 3.90. The molecule has 1 atom stereocenters. The van der Waals surface area contributed by atoms with E-state index in [1.54, 1.807) is 12.3 Å². The highest BCUT2D eigenvalue weighted by Gasteiger charge is 2.28.